The summed E-state index contributed by atoms with van der Waals surface area (Å²) in [5.41, 5.74) is 13.9. The molecule has 0 radical (unpaired) electrons. The van der Waals surface area contributed by atoms with Gasteiger partial charge in [-0.2, -0.15) is 0 Å². The summed E-state index contributed by atoms with van der Waals surface area (Å²) < 4.78 is 2.60. The summed E-state index contributed by atoms with van der Waals surface area (Å²) >= 11 is -0.894. The van der Waals surface area contributed by atoms with Gasteiger partial charge in [0.15, 0.2) is 0 Å². The first-order valence-electron chi connectivity index (χ1n) is 15.4. The Balaban J connectivity index is 0.00000161. The van der Waals surface area contributed by atoms with Gasteiger partial charge in [-0.05, 0) is 0 Å². The van der Waals surface area contributed by atoms with Crippen molar-refractivity contribution in [3.63, 3.8) is 0 Å². The van der Waals surface area contributed by atoms with Gasteiger partial charge in [-0.1, -0.05) is 0 Å². The molecule has 4 saturated carbocycles. The number of halogens is 2. The van der Waals surface area contributed by atoms with Crippen LogP contribution in [0.5, 0.6) is 0 Å². The Morgan fingerprint density at radius 2 is 1.15 bits per heavy atom. The van der Waals surface area contributed by atoms with Crippen LogP contribution in [0, 0.1) is 23.2 Å². The minimum atomic E-state index is -0.894. The number of hydrogen-bond acceptors (Lipinski definition) is 0. The molecule has 4 fully saturated rings. The van der Waals surface area contributed by atoms with Crippen LogP contribution < -0.4 is 24.8 Å². The third-order valence-electron chi connectivity index (χ3n) is 10.9. The first-order valence-corrected chi connectivity index (χ1v) is 18.0. The molecule has 4 bridgehead atoms. The molecule has 0 nitrogen and oxygen atoms in total. The largest absolute Gasteiger partial charge is 1.00 e. The number of hydrogen-bond donors (Lipinski definition) is 0. The fourth-order valence-corrected chi connectivity index (χ4v) is 14.3. The van der Waals surface area contributed by atoms with Crippen molar-refractivity contribution in [1.29, 1.82) is 0 Å². The van der Waals surface area contributed by atoms with Gasteiger partial charge in [-0.25, -0.2) is 0 Å². The van der Waals surface area contributed by atoms with Gasteiger partial charge in [-0.3, -0.25) is 0 Å². The Kier molecular flexibility index (Phi) is 8.11. The molecule has 0 aromatic heterocycles. The van der Waals surface area contributed by atoms with E-state index in [1.165, 1.54) is 67.2 Å². The standard InChI is InChI=1S/C21H25.C16H21.2ClH.Zr/c1-20(2,3)16-7-9-18-14(12-16)11-15-13-17(21(4,5)6)8-10-19(15)18;1-11-3-2-4-15(11)16-8-12-5-13(9-16)7-14(6-12)10-16;;;/h7-13H,1-6H3;3,12-14H,2,5-10H2,1H3;2*1H;/q;;;;+2/p-2. The third-order valence-corrected chi connectivity index (χ3v) is 15.2. The van der Waals surface area contributed by atoms with Crippen molar-refractivity contribution < 1.29 is 48.0 Å². The van der Waals surface area contributed by atoms with Crippen molar-refractivity contribution in [2.75, 3.05) is 0 Å². The molecule has 0 unspecified atom stereocenters. The summed E-state index contributed by atoms with van der Waals surface area (Å²) in [6.45, 7) is 16.7. The summed E-state index contributed by atoms with van der Waals surface area (Å²) in [7, 11) is 0. The molecule has 0 aliphatic heterocycles. The average Bonchev–Trinajstić information content (AvgIpc) is 3.35. The first-order chi connectivity index (χ1) is 17.9. The van der Waals surface area contributed by atoms with Crippen molar-refractivity contribution in [2.24, 2.45) is 23.2 Å². The maximum absolute atomic E-state index is 2.64. The van der Waals surface area contributed by atoms with E-state index < -0.39 is 23.2 Å². The van der Waals surface area contributed by atoms with E-state index in [-0.39, 0.29) is 35.6 Å². The molecule has 0 spiro atoms. The molecule has 0 amide bonds. The van der Waals surface area contributed by atoms with Crippen LogP contribution in [-0.2, 0) is 34.1 Å². The molecular formula is C37H46Cl2Zr. The van der Waals surface area contributed by atoms with Crippen LogP contribution in [0.15, 0.2) is 56.9 Å². The van der Waals surface area contributed by atoms with Crippen molar-refractivity contribution in [2.45, 2.75) is 108 Å². The van der Waals surface area contributed by atoms with E-state index in [2.05, 4.69) is 90.9 Å². The second-order valence-corrected chi connectivity index (χ2v) is 19.4. The molecule has 3 heteroatoms. The van der Waals surface area contributed by atoms with Gasteiger partial charge in [0.2, 0.25) is 0 Å². The van der Waals surface area contributed by atoms with Crippen LogP contribution in [0.4, 0.5) is 0 Å². The normalized spacial score (nSPS) is 28.5. The van der Waals surface area contributed by atoms with Gasteiger partial charge >= 0.3 is 245 Å². The van der Waals surface area contributed by atoms with Gasteiger partial charge < -0.3 is 24.8 Å². The molecule has 0 heterocycles. The quantitative estimate of drug-likeness (QED) is 0.465. The summed E-state index contributed by atoms with van der Waals surface area (Å²) in [4.78, 5) is 0. The smallest absolute Gasteiger partial charge is 1.00 e. The van der Waals surface area contributed by atoms with E-state index in [0.29, 0.717) is 9.04 Å². The molecule has 0 saturated heterocycles. The molecule has 40 heavy (non-hydrogen) atoms. The molecule has 0 atom stereocenters. The van der Waals surface area contributed by atoms with Gasteiger partial charge in [0, 0.05) is 0 Å². The van der Waals surface area contributed by atoms with Gasteiger partial charge in [-0.15, -0.1) is 0 Å². The Hall–Kier alpha value is -0.617. The number of rotatable bonds is 3. The summed E-state index contributed by atoms with van der Waals surface area (Å²) in [6.07, 6.45) is 13.0. The SMILES string of the molecule is CC1=CC[C]([Zr+2][CH]2c3cc(C(C)(C)C)ccc3-c3ccc(C(C)(C)C)cc32)=C1C12CC3CC(CC(C3)C1)C2.[Cl-].[Cl-]. The van der Waals surface area contributed by atoms with Crippen LogP contribution >= 0.6 is 0 Å². The molecular weight excluding hydrogens is 607 g/mol. The van der Waals surface area contributed by atoms with Gasteiger partial charge in [0.1, 0.15) is 0 Å². The summed E-state index contributed by atoms with van der Waals surface area (Å²) in [5, 5.41) is 0. The number of benzene rings is 2. The minimum absolute atomic E-state index is 0. The van der Waals surface area contributed by atoms with E-state index >= 15 is 0 Å². The van der Waals surface area contributed by atoms with Crippen molar-refractivity contribution in [3.05, 3.63) is 79.2 Å². The van der Waals surface area contributed by atoms with E-state index in [9.17, 15) is 0 Å². The zero-order valence-electron chi connectivity index (χ0n) is 25.6. The van der Waals surface area contributed by atoms with Gasteiger partial charge in [0.05, 0.1) is 0 Å². The van der Waals surface area contributed by atoms with E-state index in [1.54, 1.807) is 16.7 Å². The van der Waals surface area contributed by atoms with Crippen LogP contribution in [0.1, 0.15) is 119 Å². The fourth-order valence-electron chi connectivity index (χ4n) is 9.51. The molecule has 2 aromatic carbocycles. The van der Waals surface area contributed by atoms with Crippen molar-refractivity contribution >= 4 is 0 Å². The molecule has 6 aliphatic carbocycles. The molecule has 8 rings (SSSR count). The zero-order chi connectivity index (χ0) is 26.6. The van der Waals surface area contributed by atoms with Crippen LogP contribution in [0.25, 0.3) is 11.1 Å². The summed E-state index contributed by atoms with van der Waals surface area (Å²) in [5.74, 6) is 3.06. The van der Waals surface area contributed by atoms with E-state index in [0.717, 1.165) is 17.8 Å². The van der Waals surface area contributed by atoms with Crippen LogP contribution in [-0.4, -0.2) is 0 Å². The Morgan fingerprint density at radius 3 is 1.57 bits per heavy atom. The summed E-state index contributed by atoms with van der Waals surface area (Å²) in [6, 6.07) is 15.0. The first kappa shape index (κ1) is 30.8. The topological polar surface area (TPSA) is 0 Å². The minimum Gasteiger partial charge on any atom is -1.00 e. The molecule has 6 aliphatic rings. The molecule has 212 valence electrons. The Labute approximate surface area is 267 Å². The van der Waals surface area contributed by atoms with Crippen molar-refractivity contribution in [1.82, 2.24) is 0 Å². The predicted octanol–water partition coefficient (Wildman–Crippen LogP) is 4.26. The van der Waals surface area contributed by atoms with Crippen molar-refractivity contribution in [3.8, 4) is 11.1 Å². The van der Waals surface area contributed by atoms with E-state index in [4.69, 9.17) is 0 Å². The van der Waals surface area contributed by atoms with Gasteiger partial charge in [0.25, 0.3) is 0 Å². The second-order valence-electron chi connectivity index (χ2n) is 15.8. The second kappa shape index (κ2) is 10.5. The Morgan fingerprint density at radius 1 is 0.700 bits per heavy atom. The number of allylic oxidation sites excluding steroid dienone is 4. The average molecular weight is 653 g/mol. The number of fused-ring (bicyclic) bond motifs is 3. The zero-order valence-corrected chi connectivity index (χ0v) is 29.5. The molecule has 2 aromatic rings. The Bertz CT molecular complexity index is 1280. The monoisotopic (exact) mass is 650 g/mol. The van der Waals surface area contributed by atoms with Crippen LogP contribution in [0.2, 0.25) is 0 Å². The third kappa shape index (κ3) is 5.01. The maximum Gasteiger partial charge on any atom is -1.00 e. The predicted molar refractivity (Wildman–Crippen MR) is 157 cm³/mol. The molecule has 0 N–H and O–H groups in total. The van der Waals surface area contributed by atoms with Crippen LogP contribution in [0.3, 0.4) is 0 Å². The maximum atomic E-state index is 2.64. The van der Waals surface area contributed by atoms with E-state index in [1.807, 2.05) is 8.85 Å². The fraction of sp³-hybridized carbons (Fsp3) is 0.568.